The first-order chi connectivity index (χ1) is 15.4. The van der Waals surface area contributed by atoms with Gasteiger partial charge >= 0.3 is 6.16 Å². The molecule has 9 heteroatoms. The van der Waals surface area contributed by atoms with Crippen LogP contribution in [0.5, 0.6) is 11.5 Å². The molecule has 2 aromatic rings. The predicted molar refractivity (Wildman–Crippen MR) is 116 cm³/mol. The first-order valence-electron chi connectivity index (χ1n) is 10.8. The number of carbonyl (C=O) groups is 2. The third kappa shape index (κ3) is 5.78. The zero-order valence-corrected chi connectivity index (χ0v) is 17.7. The smallest absolute Gasteiger partial charge is 0.503 e. The Morgan fingerprint density at radius 1 is 1.09 bits per heavy atom. The summed E-state index contributed by atoms with van der Waals surface area (Å²) in [6, 6.07) is 7.28. The third-order valence-electron chi connectivity index (χ3n) is 5.90. The van der Waals surface area contributed by atoms with Gasteiger partial charge in [-0.05, 0) is 62.6 Å². The Morgan fingerprint density at radius 3 is 2.38 bits per heavy atom. The lowest BCUT2D eigenvalue weighted by molar-refractivity contribution is 0.0931. The number of fused-ring (bicyclic) bond motifs is 1. The molecule has 2 aliphatic rings. The predicted octanol–water partition coefficient (Wildman–Crippen LogP) is 4.28. The van der Waals surface area contributed by atoms with E-state index in [9.17, 15) is 15.2 Å². The Balaban J connectivity index is 0.000000668. The van der Waals surface area contributed by atoms with Crippen molar-refractivity contribution in [3.05, 3.63) is 29.6 Å². The molecule has 4 rings (SSSR count). The summed E-state index contributed by atoms with van der Waals surface area (Å²) in [6.07, 6.45) is 7.44. The van der Waals surface area contributed by atoms with E-state index < -0.39 is 12.1 Å². The molecule has 0 aliphatic heterocycles. The highest BCUT2D eigenvalue weighted by Gasteiger charge is 2.23. The lowest BCUT2D eigenvalue weighted by Gasteiger charge is -2.25. The fourth-order valence-electron chi connectivity index (χ4n) is 3.99. The third-order valence-corrected chi connectivity index (χ3v) is 5.90. The molecule has 1 aromatic carbocycles. The van der Waals surface area contributed by atoms with Crippen LogP contribution in [0.2, 0.25) is 0 Å². The number of benzene rings is 1. The van der Waals surface area contributed by atoms with Crippen LogP contribution in [0.25, 0.3) is 10.8 Å². The van der Waals surface area contributed by atoms with E-state index in [0.717, 1.165) is 25.7 Å². The van der Waals surface area contributed by atoms with Gasteiger partial charge in [-0.2, -0.15) is 5.26 Å². The van der Waals surface area contributed by atoms with Crippen molar-refractivity contribution >= 4 is 22.8 Å². The van der Waals surface area contributed by atoms with Gasteiger partial charge in [0.1, 0.15) is 17.5 Å². The van der Waals surface area contributed by atoms with E-state index in [1.54, 1.807) is 18.2 Å². The fraction of sp³-hybridized carbons (Fsp3) is 0.478. The summed E-state index contributed by atoms with van der Waals surface area (Å²) in [6.45, 7) is 0.577. The molecule has 0 radical (unpaired) electrons. The molecule has 0 spiro atoms. The number of hydrogen-bond acceptors (Lipinski definition) is 6. The molecule has 0 saturated heterocycles. The van der Waals surface area contributed by atoms with Crippen LogP contribution in [-0.2, 0) is 0 Å². The lowest BCUT2D eigenvalue weighted by atomic mass is 9.85. The fourth-order valence-corrected chi connectivity index (χ4v) is 3.99. The molecule has 4 N–H and O–H groups in total. The van der Waals surface area contributed by atoms with Crippen LogP contribution in [-0.4, -0.2) is 45.0 Å². The van der Waals surface area contributed by atoms with E-state index in [0.29, 0.717) is 29.0 Å². The number of aromatic nitrogens is 1. The van der Waals surface area contributed by atoms with Crippen LogP contribution in [0.3, 0.4) is 0 Å². The molecule has 1 heterocycles. The first-order valence-corrected chi connectivity index (χ1v) is 10.8. The van der Waals surface area contributed by atoms with Crippen molar-refractivity contribution in [1.82, 2.24) is 10.3 Å². The van der Waals surface area contributed by atoms with Crippen LogP contribution in [0.4, 0.5) is 4.79 Å². The summed E-state index contributed by atoms with van der Waals surface area (Å²) < 4.78 is 6.07. The standard InChI is InChI=1S/C22H25N3O3.CH2O3/c23-12-19-18-11-16(28-15-7-2-1-3-8-15)9-10-17(18)21(26)20(25-19)22(27)24-13-14-5-4-6-14;2-1(3)4/h9-11,14-15,26H,1-8,13H2,(H,24,27);(H2,2,3,4). The summed E-state index contributed by atoms with van der Waals surface area (Å²) >= 11 is 0. The first kappa shape index (κ1) is 23.1. The van der Waals surface area contributed by atoms with E-state index in [1.165, 1.54) is 25.7 Å². The number of nitriles is 1. The number of pyridine rings is 1. The number of hydrogen-bond donors (Lipinski definition) is 4. The normalized spacial score (nSPS) is 16.2. The van der Waals surface area contributed by atoms with Crippen molar-refractivity contribution in [2.75, 3.05) is 6.54 Å². The summed E-state index contributed by atoms with van der Waals surface area (Å²) in [5.41, 5.74) is 0.0278. The molecule has 0 unspecified atom stereocenters. The van der Waals surface area contributed by atoms with Gasteiger partial charge in [-0.25, -0.2) is 9.78 Å². The van der Waals surface area contributed by atoms with Gasteiger partial charge in [0.2, 0.25) is 0 Å². The van der Waals surface area contributed by atoms with Crippen LogP contribution >= 0.6 is 0 Å². The zero-order valence-electron chi connectivity index (χ0n) is 17.7. The second-order valence-corrected chi connectivity index (χ2v) is 8.14. The highest BCUT2D eigenvalue weighted by Crippen LogP contribution is 2.33. The Bertz CT molecular complexity index is 1020. The molecule has 2 saturated carbocycles. The molecule has 9 nitrogen and oxygen atoms in total. The quantitative estimate of drug-likeness (QED) is 0.536. The SMILES string of the molecule is N#Cc1nc(C(=O)NCC2CCC2)c(O)c2ccc(OC3CCCCC3)cc12.O=C(O)O. The Morgan fingerprint density at radius 2 is 1.78 bits per heavy atom. The molecular weight excluding hydrogens is 414 g/mol. The van der Waals surface area contributed by atoms with Crippen molar-refractivity contribution in [2.24, 2.45) is 5.92 Å². The largest absolute Gasteiger partial charge is 0.505 e. The monoisotopic (exact) mass is 441 g/mol. The molecule has 2 fully saturated rings. The van der Waals surface area contributed by atoms with Crippen molar-refractivity contribution in [3.63, 3.8) is 0 Å². The summed E-state index contributed by atoms with van der Waals surface area (Å²) in [5.74, 6) is 0.537. The molecular formula is C23H27N3O6. The van der Waals surface area contributed by atoms with Gasteiger partial charge in [-0.15, -0.1) is 0 Å². The number of nitrogens with zero attached hydrogens (tertiary/aromatic N) is 2. The minimum Gasteiger partial charge on any atom is -0.505 e. The number of aromatic hydroxyl groups is 1. The Kier molecular flexibility index (Phi) is 7.71. The van der Waals surface area contributed by atoms with Crippen LogP contribution in [0.1, 0.15) is 67.5 Å². The average molecular weight is 441 g/mol. The second kappa shape index (κ2) is 10.7. The number of rotatable bonds is 5. The second-order valence-electron chi connectivity index (χ2n) is 8.14. The van der Waals surface area contributed by atoms with E-state index in [1.807, 2.05) is 0 Å². The van der Waals surface area contributed by atoms with Gasteiger partial charge in [-0.3, -0.25) is 4.79 Å². The number of amides is 1. The Hall–Kier alpha value is -3.54. The summed E-state index contributed by atoms with van der Waals surface area (Å²) in [5, 5.41) is 37.9. The molecule has 32 heavy (non-hydrogen) atoms. The summed E-state index contributed by atoms with van der Waals surface area (Å²) in [4.78, 5) is 25.2. The molecule has 2 aliphatic carbocycles. The van der Waals surface area contributed by atoms with Crippen LogP contribution in [0, 0.1) is 17.2 Å². The van der Waals surface area contributed by atoms with E-state index in [2.05, 4.69) is 16.4 Å². The van der Waals surface area contributed by atoms with Crippen LogP contribution in [0.15, 0.2) is 18.2 Å². The van der Waals surface area contributed by atoms with Gasteiger partial charge in [0.05, 0.1) is 6.10 Å². The van der Waals surface area contributed by atoms with Crippen LogP contribution < -0.4 is 10.1 Å². The maximum absolute atomic E-state index is 12.5. The minimum absolute atomic E-state index is 0.0932. The summed E-state index contributed by atoms with van der Waals surface area (Å²) in [7, 11) is 0. The van der Waals surface area contributed by atoms with Crippen molar-refractivity contribution < 1.29 is 29.6 Å². The maximum atomic E-state index is 12.5. The highest BCUT2D eigenvalue weighted by atomic mass is 16.6. The maximum Gasteiger partial charge on any atom is 0.503 e. The molecule has 0 bridgehead atoms. The number of ether oxygens (including phenoxy) is 1. The van der Waals surface area contributed by atoms with Crippen molar-refractivity contribution in [3.8, 4) is 17.6 Å². The average Bonchev–Trinajstić information content (AvgIpc) is 2.73. The van der Waals surface area contributed by atoms with Gasteiger partial charge in [0.15, 0.2) is 11.4 Å². The van der Waals surface area contributed by atoms with E-state index in [4.69, 9.17) is 19.7 Å². The van der Waals surface area contributed by atoms with E-state index in [-0.39, 0.29) is 23.2 Å². The Labute approximate surface area is 185 Å². The van der Waals surface area contributed by atoms with E-state index >= 15 is 0 Å². The number of nitrogens with one attached hydrogen (secondary N) is 1. The van der Waals surface area contributed by atoms with Crippen molar-refractivity contribution in [2.45, 2.75) is 57.5 Å². The van der Waals surface area contributed by atoms with Gasteiger partial charge < -0.3 is 25.4 Å². The van der Waals surface area contributed by atoms with Gasteiger partial charge in [-0.1, -0.05) is 12.8 Å². The molecule has 1 aromatic heterocycles. The minimum atomic E-state index is -1.83. The lowest BCUT2D eigenvalue weighted by Crippen LogP contribution is -2.32. The molecule has 0 atom stereocenters. The molecule has 1 amide bonds. The van der Waals surface area contributed by atoms with Gasteiger partial charge in [0.25, 0.3) is 5.91 Å². The zero-order chi connectivity index (χ0) is 23.1. The molecule has 170 valence electrons. The topological polar surface area (TPSA) is 153 Å². The van der Waals surface area contributed by atoms with Gasteiger partial charge in [0, 0.05) is 17.3 Å². The highest BCUT2D eigenvalue weighted by molar-refractivity contribution is 6.03. The number of carboxylic acid groups (broad SMARTS) is 2. The number of carbonyl (C=O) groups excluding carboxylic acids is 1. The van der Waals surface area contributed by atoms with Crippen molar-refractivity contribution in [1.29, 1.82) is 5.26 Å².